The minimum Gasteiger partial charge on any atom is -0.395 e. The molecule has 1 amide bonds. The molecule has 4 N–H and O–H groups in total. The highest BCUT2D eigenvalue weighted by atomic mass is 32.1. The number of pyridine rings is 1. The number of thiazole rings is 1. The van der Waals surface area contributed by atoms with Gasteiger partial charge in [0.2, 0.25) is 5.91 Å². The van der Waals surface area contributed by atoms with Crippen LogP contribution >= 0.6 is 11.3 Å². The minimum absolute atomic E-state index is 0.0589. The number of nitrogens with zero attached hydrogens (tertiary/aromatic N) is 2. The largest absolute Gasteiger partial charge is 0.586 e. The first-order chi connectivity index (χ1) is 17.9. The molecule has 10 nitrogen and oxygen atoms in total. The Morgan fingerprint density at radius 3 is 2.71 bits per heavy atom. The number of likely N-dealkylation sites (tertiary alicyclic amines) is 1. The number of fused-ring (bicyclic) bond motifs is 2. The van der Waals surface area contributed by atoms with Gasteiger partial charge in [0, 0.05) is 43.4 Å². The molecule has 0 saturated carbocycles. The summed E-state index contributed by atoms with van der Waals surface area (Å²) in [5, 5.41) is 21.8. The number of aliphatic hydroxyl groups is 2. The number of carbonyl (C=O) groups excluding carboxylic acids is 1. The first kappa shape index (κ1) is 26.3. The number of halogens is 4. The topological polar surface area (TPSA) is 137 Å². The normalized spacial score (nSPS) is 21.8. The monoisotopic (exact) mass is 558 g/mol. The summed E-state index contributed by atoms with van der Waals surface area (Å²) >= 11 is 1.02. The van der Waals surface area contributed by atoms with Crippen LogP contribution in [0.1, 0.15) is 36.5 Å². The van der Waals surface area contributed by atoms with Crippen LogP contribution in [0.25, 0.3) is 10.2 Å². The third-order valence-corrected chi connectivity index (χ3v) is 7.55. The number of amides is 1. The number of rotatable bonds is 6. The van der Waals surface area contributed by atoms with Gasteiger partial charge in [-0.1, -0.05) is 11.3 Å². The standard InChI is InChI=1S/C23H22F4N4O6S/c1-10(19(34)30-21-29-14-5-16-17(6-18(14)38-21)37-23(26,27)36-16)31-3-2-22(24,25)13(8-31)11-4-12(15(33)9-32)20(35)28-7-11/h4-7,10,13,15,32-33H,2-3,8-9H2,1H3,(H,28,35)(H,29,30,34)/t10-,13-,15+/m0/s1. The van der Waals surface area contributed by atoms with Crippen molar-refractivity contribution in [3.8, 4) is 11.5 Å². The minimum atomic E-state index is -3.77. The van der Waals surface area contributed by atoms with E-state index in [0.29, 0.717) is 10.2 Å². The molecule has 0 radical (unpaired) electrons. The molecule has 2 aliphatic heterocycles. The van der Waals surface area contributed by atoms with Gasteiger partial charge in [-0.2, -0.15) is 0 Å². The first-order valence-corrected chi connectivity index (χ1v) is 12.3. The molecule has 4 heterocycles. The van der Waals surface area contributed by atoms with Gasteiger partial charge in [0.25, 0.3) is 11.5 Å². The van der Waals surface area contributed by atoms with E-state index in [2.05, 4.69) is 24.8 Å². The van der Waals surface area contributed by atoms with Crippen molar-refractivity contribution < 1.29 is 42.0 Å². The summed E-state index contributed by atoms with van der Waals surface area (Å²) in [7, 11) is 0. The van der Waals surface area contributed by atoms with Crippen molar-refractivity contribution in [1.29, 1.82) is 0 Å². The molecular formula is C23H22F4N4O6S. The van der Waals surface area contributed by atoms with E-state index in [1.807, 2.05) is 0 Å². The van der Waals surface area contributed by atoms with Crippen molar-refractivity contribution in [3.63, 3.8) is 0 Å². The zero-order valence-electron chi connectivity index (χ0n) is 19.7. The fraction of sp³-hybridized carbons (Fsp3) is 0.435. The molecule has 1 fully saturated rings. The summed E-state index contributed by atoms with van der Waals surface area (Å²) < 4.78 is 65.7. The van der Waals surface area contributed by atoms with Crippen LogP contribution in [0.15, 0.2) is 29.2 Å². The second-order valence-corrected chi connectivity index (χ2v) is 10.1. The summed E-state index contributed by atoms with van der Waals surface area (Å²) in [4.78, 5) is 33.1. The van der Waals surface area contributed by atoms with E-state index in [-0.39, 0.29) is 40.8 Å². The molecule has 2 aliphatic rings. The van der Waals surface area contributed by atoms with Gasteiger partial charge in [0.15, 0.2) is 16.6 Å². The molecule has 3 atom stereocenters. The van der Waals surface area contributed by atoms with Gasteiger partial charge in [-0.15, -0.1) is 8.78 Å². The Morgan fingerprint density at radius 2 is 2.00 bits per heavy atom. The third-order valence-electron chi connectivity index (χ3n) is 6.62. The molecule has 1 saturated heterocycles. The van der Waals surface area contributed by atoms with Crippen molar-refractivity contribution in [2.75, 3.05) is 25.0 Å². The number of aromatic amines is 1. The number of hydrogen-bond donors (Lipinski definition) is 4. The fourth-order valence-electron chi connectivity index (χ4n) is 4.49. The number of aliphatic hydroxyl groups excluding tert-OH is 2. The number of ether oxygens (including phenoxy) is 2. The van der Waals surface area contributed by atoms with Gasteiger partial charge in [0.1, 0.15) is 6.10 Å². The Morgan fingerprint density at radius 1 is 1.29 bits per heavy atom. The SMILES string of the molecule is C[C@@H](C(=O)Nc1nc2cc3c(cc2s1)OC(F)(F)O3)N1CCC(F)(F)[C@H](c2c[nH]c(=O)c([C@H](O)CO)c2)C1. The van der Waals surface area contributed by atoms with Crippen molar-refractivity contribution in [2.24, 2.45) is 0 Å². The van der Waals surface area contributed by atoms with Gasteiger partial charge in [0.05, 0.1) is 28.8 Å². The molecule has 15 heteroatoms. The van der Waals surface area contributed by atoms with Gasteiger partial charge < -0.3 is 30.0 Å². The maximum absolute atomic E-state index is 14.9. The van der Waals surface area contributed by atoms with Crippen LogP contribution in [0.5, 0.6) is 11.5 Å². The predicted octanol–water partition coefficient (Wildman–Crippen LogP) is 2.78. The number of hydrogen-bond acceptors (Lipinski definition) is 9. The van der Waals surface area contributed by atoms with E-state index >= 15 is 0 Å². The number of benzene rings is 1. The van der Waals surface area contributed by atoms with E-state index < -0.39 is 54.8 Å². The Balaban J connectivity index is 1.31. The molecular weight excluding hydrogens is 536 g/mol. The molecule has 5 rings (SSSR count). The van der Waals surface area contributed by atoms with E-state index in [0.717, 1.165) is 23.6 Å². The summed E-state index contributed by atoms with van der Waals surface area (Å²) in [6, 6.07) is 2.89. The van der Waals surface area contributed by atoms with E-state index in [1.54, 1.807) is 11.8 Å². The predicted molar refractivity (Wildman–Crippen MR) is 127 cm³/mol. The summed E-state index contributed by atoms with van der Waals surface area (Å²) in [5.74, 6) is -5.40. The number of piperidine rings is 1. The van der Waals surface area contributed by atoms with Crippen molar-refractivity contribution in [3.05, 3.63) is 45.9 Å². The lowest BCUT2D eigenvalue weighted by Crippen LogP contribution is -2.52. The lowest BCUT2D eigenvalue weighted by molar-refractivity contribution is -0.286. The Kier molecular flexibility index (Phi) is 6.57. The van der Waals surface area contributed by atoms with E-state index in [4.69, 9.17) is 0 Å². The second kappa shape index (κ2) is 9.48. The van der Waals surface area contributed by atoms with Crippen molar-refractivity contribution in [1.82, 2.24) is 14.9 Å². The molecule has 0 unspecified atom stereocenters. The number of H-pyrrole nitrogens is 1. The number of anilines is 1. The van der Waals surface area contributed by atoms with Gasteiger partial charge in [-0.25, -0.2) is 13.8 Å². The fourth-order valence-corrected chi connectivity index (χ4v) is 5.37. The molecule has 38 heavy (non-hydrogen) atoms. The van der Waals surface area contributed by atoms with Crippen LogP contribution in [0.4, 0.5) is 22.7 Å². The van der Waals surface area contributed by atoms with Crippen molar-refractivity contribution >= 4 is 32.6 Å². The number of nitrogens with one attached hydrogen (secondary N) is 2. The van der Waals surface area contributed by atoms with Crippen LogP contribution < -0.4 is 20.3 Å². The molecule has 3 aromatic rings. The highest BCUT2D eigenvalue weighted by molar-refractivity contribution is 7.22. The molecule has 0 aliphatic carbocycles. The highest BCUT2D eigenvalue weighted by Gasteiger charge is 2.47. The quantitative estimate of drug-likeness (QED) is 0.339. The molecule has 0 bridgehead atoms. The summed E-state index contributed by atoms with van der Waals surface area (Å²) in [6.45, 7) is 0.494. The number of carbonyl (C=O) groups is 1. The lowest BCUT2D eigenvalue weighted by atomic mass is 9.86. The highest BCUT2D eigenvalue weighted by Crippen LogP contribution is 2.45. The van der Waals surface area contributed by atoms with Gasteiger partial charge in [-0.3, -0.25) is 14.5 Å². The first-order valence-electron chi connectivity index (χ1n) is 11.5. The smallest absolute Gasteiger partial charge is 0.395 e. The molecule has 204 valence electrons. The number of aromatic nitrogens is 2. The molecule has 1 aromatic carbocycles. The van der Waals surface area contributed by atoms with Crippen LogP contribution in [0.2, 0.25) is 0 Å². The van der Waals surface area contributed by atoms with Gasteiger partial charge in [-0.05, 0) is 18.6 Å². The lowest BCUT2D eigenvalue weighted by Gasteiger charge is -2.40. The zero-order valence-corrected chi connectivity index (χ0v) is 20.5. The second-order valence-electron chi connectivity index (χ2n) is 9.09. The number of alkyl halides is 4. The Bertz CT molecular complexity index is 1400. The average Bonchev–Trinajstić information content (AvgIpc) is 3.38. The van der Waals surface area contributed by atoms with E-state index in [1.165, 1.54) is 12.1 Å². The summed E-state index contributed by atoms with van der Waals surface area (Å²) in [5.41, 5.74) is -0.574. The van der Waals surface area contributed by atoms with Gasteiger partial charge >= 0.3 is 6.29 Å². The zero-order chi connectivity index (χ0) is 27.4. The Hall–Kier alpha value is -3.27. The molecule has 0 spiro atoms. The van der Waals surface area contributed by atoms with Crippen LogP contribution in [-0.4, -0.2) is 68.9 Å². The average molecular weight is 559 g/mol. The van der Waals surface area contributed by atoms with E-state index in [9.17, 15) is 37.4 Å². The third kappa shape index (κ3) is 4.93. The van der Waals surface area contributed by atoms with Crippen LogP contribution in [0.3, 0.4) is 0 Å². The molecule has 2 aromatic heterocycles. The summed E-state index contributed by atoms with van der Waals surface area (Å²) in [6.07, 6.45) is -4.70. The maximum Gasteiger partial charge on any atom is 0.586 e. The van der Waals surface area contributed by atoms with Crippen LogP contribution in [-0.2, 0) is 4.79 Å². The van der Waals surface area contributed by atoms with Crippen molar-refractivity contribution in [2.45, 2.75) is 43.6 Å². The Labute approximate surface area is 215 Å². The van der Waals surface area contributed by atoms with Crippen LogP contribution in [0, 0.1) is 0 Å². The maximum atomic E-state index is 14.9.